The highest BCUT2D eigenvalue weighted by Gasteiger charge is 2.24. The van der Waals surface area contributed by atoms with Crippen molar-refractivity contribution in [1.29, 1.82) is 0 Å². The molecule has 3 nitrogen and oxygen atoms in total. The Labute approximate surface area is 343 Å². The largest absolute Gasteiger partial charge is 0.455 e. The van der Waals surface area contributed by atoms with Crippen molar-refractivity contribution >= 4 is 55.0 Å². The van der Waals surface area contributed by atoms with Crippen LogP contribution in [-0.4, -0.2) is 10.7 Å². The average molecular weight is 755 g/mol. The number of allylic oxidation sites excluding steroid dienone is 2. The Morgan fingerprint density at radius 1 is 0.508 bits per heavy atom. The minimum atomic E-state index is -0.137. The number of aliphatic imine (C=N–C) groups is 1. The van der Waals surface area contributed by atoms with Crippen molar-refractivity contribution in [2.45, 2.75) is 12.3 Å². The number of aromatic nitrogens is 1. The van der Waals surface area contributed by atoms with Crippen LogP contribution in [0.15, 0.2) is 222 Å². The fourth-order valence-corrected chi connectivity index (χ4v) is 8.83. The van der Waals surface area contributed by atoms with Crippen LogP contribution in [-0.2, 0) is 0 Å². The summed E-state index contributed by atoms with van der Waals surface area (Å²) in [6.45, 7) is 4.78. The Bertz CT molecular complexity index is 3300. The molecule has 3 heteroatoms. The molecule has 0 radical (unpaired) electrons. The smallest absolute Gasteiger partial charge is 0.143 e. The molecular weight excluding hydrogens is 717 g/mol. The van der Waals surface area contributed by atoms with Crippen molar-refractivity contribution in [2.75, 3.05) is 0 Å². The van der Waals surface area contributed by atoms with E-state index in [0.717, 1.165) is 100 Å². The maximum absolute atomic E-state index is 6.66. The van der Waals surface area contributed by atoms with Gasteiger partial charge >= 0.3 is 0 Å². The summed E-state index contributed by atoms with van der Waals surface area (Å²) in [5.74, 6) is -0.137. The first-order valence-corrected chi connectivity index (χ1v) is 20.2. The summed E-state index contributed by atoms with van der Waals surface area (Å²) >= 11 is 0. The Morgan fingerprint density at radius 2 is 1.17 bits per heavy atom. The third-order valence-corrected chi connectivity index (χ3v) is 11.7. The molecule has 3 heterocycles. The molecule has 0 aliphatic carbocycles. The molecule has 0 amide bonds. The van der Waals surface area contributed by atoms with Crippen LogP contribution in [0.25, 0.3) is 82.8 Å². The van der Waals surface area contributed by atoms with Crippen LogP contribution in [0.2, 0.25) is 0 Å². The van der Waals surface area contributed by atoms with Gasteiger partial charge in [-0.1, -0.05) is 176 Å². The molecule has 0 N–H and O–H groups in total. The molecule has 1 aliphatic heterocycles. The molecule has 278 valence electrons. The average Bonchev–Trinajstić information content (AvgIpc) is 3.59. The monoisotopic (exact) mass is 754 g/mol. The van der Waals surface area contributed by atoms with Crippen LogP contribution in [0.1, 0.15) is 29.0 Å². The summed E-state index contributed by atoms with van der Waals surface area (Å²) in [5, 5.41) is 5.74. The molecule has 10 aromatic rings. The molecule has 0 saturated carbocycles. The summed E-state index contributed by atoms with van der Waals surface area (Å²) in [7, 11) is 0. The Kier molecular flexibility index (Phi) is 8.45. The fourth-order valence-electron chi connectivity index (χ4n) is 8.83. The van der Waals surface area contributed by atoms with Crippen molar-refractivity contribution in [2.24, 2.45) is 4.99 Å². The van der Waals surface area contributed by atoms with Crippen LogP contribution in [0, 0.1) is 0 Å². The summed E-state index contributed by atoms with van der Waals surface area (Å²) in [6.07, 6.45) is 2.94. The van der Waals surface area contributed by atoms with Gasteiger partial charge in [0.1, 0.15) is 11.2 Å². The summed E-state index contributed by atoms with van der Waals surface area (Å²) in [6, 6.07) is 68.5. The van der Waals surface area contributed by atoms with E-state index >= 15 is 0 Å². The summed E-state index contributed by atoms with van der Waals surface area (Å²) in [5.41, 5.74) is 15.3. The van der Waals surface area contributed by atoms with Crippen LogP contribution < -0.4 is 0 Å². The Hall–Kier alpha value is -7.62. The second kappa shape index (κ2) is 14.4. The molecule has 59 heavy (non-hydrogen) atoms. The lowest BCUT2D eigenvalue weighted by Crippen LogP contribution is -2.05. The van der Waals surface area contributed by atoms with Crippen molar-refractivity contribution < 1.29 is 4.42 Å². The van der Waals surface area contributed by atoms with Gasteiger partial charge in [0.15, 0.2) is 0 Å². The van der Waals surface area contributed by atoms with Gasteiger partial charge in [0, 0.05) is 39.6 Å². The third-order valence-electron chi connectivity index (χ3n) is 11.7. The zero-order chi connectivity index (χ0) is 39.3. The van der Waals surface area contributed by atoms with Gasteiger partial charge in [-0.25, -0.2) is 4.98 Å². The molecule has 2 aromatic heterocycles. The van der Waals surface area contributed by atoms with E-state index in [1.807, 2.05) is 12.1 Å². The van der Waals surface area contributed by atoms with Gasteiger partial charge in [-0.3, -0.25) is 4.99 Å². The minimum absolute atomic E-state index is 0.137. The SMILES string of the molecule is C=C1CC(c2ccccc2)=NC(c2ccccc2)=CC1c1cc(-c2cc(-c3ccccc3)c3c(ccc4ccccc43)n2)cc(-c2cccc3c2oc2ccccc23)c1. The standard InChI is InChI=1S/C56H38N2O/c1-36-30-51(39-19-7-3-8-20-39)58-52(40-21-9-4-10-22-40)34-48(36)42-31-41(45-25-15-26-47-46-24-13-14-27-54(46)59-56(45)47)32-43(33-42)53-35-49(37-16-5-2-6-17-37)55-44-23-12-11-18-38(44)28-29-50(55)57-53/h2-29,31-35,48H,1,30H2. The molecule has 1 atom stereocenters. The number of para-hydroxylation sites is 2. The first-order chi connectivity index (χ1) is 29.1. The number of furan rings is 1. The zero-order valence-corrected chi connectivity index (χ0v) is 32.3. The fraction of sp³-hybridized carbons (Fsp3) is 0.0357. The van der Waals surface area contributed by atoms with E-state index in [2.05, 4.69) is 188 Å². The van der Waals surface area contributed by atoms with Crippen molar-refractivity contribution in [3.05, 3.63) is 229 Å². The van der Waals surface area contributed by atoms with E-state index in [9.17, 15) is 0 Å². The summed E-state index contributed by atoms with van der Waals surface area (Å²) < 4.78 is 6.66. The molecule has 1 unspecified atom stereocenters. The van der Waals surface area contributed by atoms with Crippen LogP contribution in [0.4, 0.5) is 0 Å². The number of hydrogen-bond donors (Lipinski definition) is 0. The number of nitrogens with zero attached hydrogens (tertiary/aromatic N) is 2. The molecule has 0 bridgehead atoms. The van der Waals surface area contributed by atoms with Crippen molar-refractivity contribution in [1.82, 2.24) is 4.98 Å². The molecular formula is C56H38N2O. The van der Waals surface area contributed by atoms with Gasteiger partial charge in [0.05, 0.1) is 22.6 Å². The maximum Gasteiger partial charge on any atom is 0.143 e. The van der Waals surface area contributed by atoms with E-state index in [0.29, 0.717) is 6.42 Å². The number of pyridine rings is 1. The molecule has 1 aliphatic rings. The predicted octanol–water partition coefficient (Wildman–Crippen LogP) is 14.9. The lowest BCUT2D eigenvalue weighted by Gasteiger charge is -2.20. The third kappa shape index (κ3) is 6.25. The van der Waals surface area contributed by atoms with E-state index < -0.39 is 0 Å². The van der Waals surface area contributed by atoms with Crippen LogP contribution in [0.5, 0.6) is 0 Å². The highest BCUT2D eigenvalue weighted by atomic mass is 16.3. The minimum Gasteiger partial charge on any atom is -0.455 e. The van der Waals surface area contributed by atoms with Gasteiger partial charge in [-0.15, -0.1) is 0 Å². The number of fused-ring (bicyclic) bond motifs is 6. The van der Waals surface area contributed by atoms with Gasteiger partial charge in [-0.05, 0) is 80.6 Å². The van der Waals surface area contributed by atoms with E-state index in [4.69, 9.17) is 21.0 Å². The number of hydrogen-bond acceptors (Lipinski definition) is 3. The van der Waals surface area contributed by atoms with Gasteiger partial charge in [0.2, 0.25) is 0 Å². The second-order valence-corrected chi connectivity index (χ2v) is 15.4. The second-order valence-electron chi connectivity index (χ2n) is 15.4. The van der Waals surface area contributed by atoms with Gasteiger partial charge in [-0.2, -0.15) is 0 Å². The first kappa shape index (κ1) is 34.6. The lowest BCUT2D eigenvalue weighted by atomic mass is 9.84. The predicted molar refractivity (Wildman–Crippen MR) is 247 cm³/mol. The highest BCUT2D eigenvalue weighted by molar-refractivity contribution is 6.14. The quantitative estimate of drug-likeness (QED) is 0.125. The maximum atomic E-state index is 6.66. The van der Waals surface area contributed by atoms with Crippen LogP contribution >= 0.6 is 0 Å². The Balaban J connectivity index is 1.16. The molecule has 0 fully saturated rings. The van der Waals surface area contributed by atoms with Gasteiger partial charge in [0.25, 0.3) is 0 Å². The lowest BCUT2D eigenvalue weighted by molar-refractivity contribution is 0.670. The molecule has 0 saturated heterocycles. The van der Waals surface area contributed by atoms with E-state index in [-0.39, 0.29) is 5.92 Å². The molecule has 11 rings (SSSR count). The highest BCUT2D eigenvalue weighted by Crippen LogP contribution is 2.43. The summed E-state index contributed by atoms with van der Waals surface area (Å²) in [4.78, 5) is 10.8. The zero-order valence-electron chi connectivity index (χ0n) is 32.3. The molecule has 8 aromatic carbocycles. The Morgan fingerprint density at radius 3 is 1.97 bits per heavy atom. The van der Waals surface area contributed by atoms with Crippen LogP contribution in [0.3, 0.4) is 0 Å². The van der Waals surface area contributed by atoms with Crippen molar-refractivity contribution in [3.63, 3.8) is 0 Å². The van der Waals surface area contributed by atoms with Gasteiger partial charge < -0.3 is 4.42 Å². The number of benzene rings is 8. The number of rotatable bonds is 6. The van der Waals surface area contributed by atoms with E-state index in [1.54, 1.807) is 0 Å². The normalized spacial score (nSPS) is 14.4. The van der Waals surface area contributed by atoms with Crippen molar-refractivity contribution in [3.8, 4) is 33.5 Å². The topological polar surface area (TPSA) is 38.4 Å². The molecule has 0 spiro atoms. The first-order valence-electron chi connectivity index (χ1n) is 20.2. The van der Waals surface area contributed by atoms with E-state index in [1.165, 1.54) is 10.8 Å².